The molecular weight excluding hydrogens is 188 g/mol. The predicted octanol–water partition coefficient (Wildman–Crippen LogP) is 3.77. The molecule has 0 aromatic rings. The lowest BCUT2D eigenvalue weighted by Crippen LogP contribution is -1.97. The number of hydrogen-bond acceptors (Lipinski definition) is 2. The first-order valence-corrected chi connectivity index (χ1v) is 6.12. The molecule has 0 atom stereocenters. The van der Waals surface area contributed by atoms with Gasteiger partial charge in [0.15, 0.2) is 0 Å². The Morgan fingerprint density at radius 1 is 0.800 bits per heavy atom. The van der Waals surface area contributed by atoms with Crippen LogP contribution in [0.2, 0.25) is 0 Å². The zero-order valence-corrected chi connectivity index (χ0v) is 9.70. The molecule has 0 saturated carbocycles. The van der Waals surface area contributed by atoms with Crippen LogP contribution in [0.5, 0.6) is 0 Å². The van der Waals surface area contributed by atoms with Crippen LogP contribution in [0.25, 0.3) is 10.4 Å². The molecule has 0 bridgehead atoms. The Labute approximate surface area is 92.9 Å². The van der Waals surface area contributed by atoms with E-state index in [0.29, 0.717) is 6.54 Å². The van der Waals surface area contributed by atoms with Crippen LogP contribution in [-0.4, -0.2) is 13.1 Å². The van der Waals surface area contributed by atoms with Crippen molar-refractivity contribution < 1.29 is 0 Å². The summed E-state index contributed by atoms with van der Waals surface area (Å²) in [6.45, 7) is 1.49. The van der Waals surface area contributed by atoms with Crippen LogP contribution < -0.4 is 5.73 Å². The van der Waals surface area contributed by atoms with E-state index in [1.54, 1.807) is 0 Å². The lowest BCUT2D eigenvalue weighted by Gasteiger charge is -2.00. The summed E-state index contributed by atoms with van der Waals surface area (Å²) in [6, 6.07) is 0. The minimum Gasteiger partial charge on any atom is -0.330 e. The lowest BCUT2D eigenvalue weighted by atomic mass is 10.1. The van der Waals surface area contributed by atoms with Gasteiger partial charge >= 0.3 is 0 Å². The molecule has 4 nitrogen and oxygen atoms in total. The lowest BCUT2D eigenvalue weighted by molar-refractivity contribution is 0.562. The molecule has 0 fully saturated rings. The molecule has 0 aliphatic carbocycles. The zero-order valence-electron chi connectivity index (χ0n) is 9.70. The minimum atomic E-state index is 0.660. The van der Waals surface area contributed by atoms with Gasteiger partial charge in [-0.25, -0.2) is 0 Å². The van der Waals surface area contributed by atoms with E-state index in [0.717, 1.165) is 13.0 Å². The second-order valence-electron chi connectivity index (χ2n) is 3.93. The fourth-order valence-electron chi connectivity index (χ4n) is 1.61. The molecule has 0 radical (unpaired) electrons. The highest BCUT2D eigenvalue weighted by atomic mass is 15.1. The van der Waals surface area contributed by atoms with Gasteiger partial charge in [-0.05, 0) is 24.9 Å². The van der Waals surface area contributed by atoms with Crippen molar-refractivity contribution in [2.45, 2.75) is 57.8 Å². The van der Waals surface area contributed by atoms with E-state index < -0.39 is 0 Å². The molecule has 0 aromatic carbocycles. The molecule has 0 aliphatic heterocycles. The highest BCUT2D eigenvalue weighted by Crippen LogP contribution is 2.09. The Hall–Kier alpha value is -0.730. The third kappa shape index (κ3) is 13.3. The van der Waals surface area contributed by atoms with E-state index >= 15 is 0 Å². The van der Waals surface area contributed by atoms with Gasteiger partial charge in [-0.3, -0.25) is 0 Å². The maximum absolute atomic E-state index is 8.06. The summed E-state index contributed by atoms with van der Waals surface area (Å²) in [7, 11) is 0. The van der Waals surface area contributed by atoms with E-state index in [2.05, 4.69) is 10.0 Å². The third-order valence-electron chi connectivity index (χ3n) is 2.53. The van der Waals surface area contributed by atoms with Crippen molar-refractivity contribution in [3.63, 3.8) is 0 Å². The summed E-state index contributed by atoms with van der Waals surface area (Å²) < 4.78 is 0. The van der Waals surface area contributed by atoms with Crippen molar-refractivity contribution in [3.05, 3.63) is 10.4 Å². The van der Waals surface area contributed by atoms with Crippen LogP contribution in [0.1, 0.15) is 57.8 Å². The van der Waals surface area contributed by atoms with Gasteiger partial charge in [-0.2, -0.15) is 0 Å². The fourth-order valence-corrected chi connectivity index (χ4v) is 1.61. The molecular formula is C11H24N4. The monoisotopic (exact) mass is 212 g/mol. The van der Waals surface area contributed by atoms with Gasteiger partial charge in [0.2, 0.25) is 0 Å². The SMILES string of the molecule is [N-]=[N+]=NCCCCCCCCCCCN. The number of unbranched alkanes of at least 4 members (excludes halogenated alkanes) is 8. The highest BCUT2D eigenvalue weighted by Gasteiger charge is 1.91. The Balaban J connectivity index is 2.89. The average molecular weight is 212 g/mol. The van der Waals surface area contributed by atoms with Gasteiger partial charge in [0.1, 0.15) is 0 Å². The van der Waals surface area contributed by atoms with Crippen LogP contribution in [0.3, 0.4) is 0 Å². The molecule has 15 heavy (non-hydrogen) atoms. The van der Waals surface area contributed by atoms with Crippen LogP contribution in [-0.2, 0) is 0 Å². The van der Waals surface area contributed by atoms with Gasteiger partial charge in [-0.1, -0.05) is 50.1 Å². The predicted molar refractivity (Wildman–Crippen MR) is 64.6 cm³/mol. The molecule has 88 valence electrons. The highest BCUT2D eigenvalue weighted by molar-refractivity contribution is 4.50. The largest absolute Gasteiger partial charge is 0.330 e. The molecule has 0 amide bonds. The van der Waals surface area contributed by atoms with Crippen molar-refractivity contribution in [1.29, 1.82) is 0 Å². The summed E-state index contributed by atoms with van der Waals surface area (Å²) in [5.74, 6) is 0. The molecule has 2 N–H and O–H groups in total. The second kappa shape index (κ2) is 13.3. The Morgan fingerprint density at radius 3 is 1.73 bits per heavy atom. The van der Waals surface area contributed by atoms with Crippen LogP contribution >= 0.6 is 0 Å². The fraction of sp³-hybridized carbons (Fsp3) is 1.00. The number of hydrogen-bond donors (Lipinski definition) is 1. The van der Waals surface area contributed by atoms with Crippen LogP contribution in [0.15, 0.2) is 5.11 Å². The Morgan fingerprint density at radius 2 is 1.27 bits per heavy atom. The first kappa shape index (κ1) is 14.3. The summed E-state index contributed by atoms with van der Waals surface area (Å²) in [5, 5.41) is 3.51. The van der Waals surface area contributed by atoms with Crippen molar-refractivity contribution in [1.82, 2.24) is 0 Å². The first-order chi connectivity index (χ1) is 7.41. The third-order valence-corrected chi connectivity index (χ3v) is 2.53. The van der Waals surface area contributed by atoms with Gasteiger partial charge in [0.05, 0.1) is 0 Å². The van der Waals surface area contributed by atoms with E-state index in [1.165, 1.54) is 51.4 Å². The summed E-state index contributed by atoms with van der Waals surface area (Å²) in [4.78, 5) is 2.73. The normalized spacial score (nSPS) is 9.93. The standard InChI is InChI=1S/C11H24N4/c12-10-8-6-4-2-1-3-5-7-9-11-14-15-13/h1-12H2. The van der Waals surface area contributed by atoms with Crippen molar-refractivity contribution >= 4 is 0 Å². The Kier molecular flexibility index (Phi) is 12.6. The molecule has 0 rings (SSSR count). The van der Waals surface area contributed by atoms with Crippen molar-refractivity contribution in [2.24, 2.45) is 10.8 Å². The maximum atomic E-state index is 8.06. The van der Waals surface area contributed by atoms with E-state index in [4.69, 9.17) is 11.3 Å². The number of nitrogens with two attached hydrogens (primary N) is 1. The van der Waals surface area contributed by atoms with Crippen LogP contribution in [0.4, 0.5) is 0 Å². The number of azide groups is 1. The van der Waals surface area contributed by atoms with Crippen molar-refractivity contribution in [3.8, 4) is 0 Å². The van der Waals surface area contributed by atoms with Gasteiger partial charge in [0, 0.05) is 11.5 Å². The van der Waals surface area contributed by atoms with E-state index in [1.807, 2.05) is 0 Å². The smallest absolute Gasteiger partial charge is 0.0257 e. The minimum absolute atomic E-state index is 0.660. The van der Waals surface area contributed by atoms with Crippen LogP contribution in [0, 0.1) is 0 Å². The first-order valence-electron chi connectivity index (χ1n) is 6.12. The molecule has 0 saturated heterocycles. The Bertz CT molecular complexity index is 164. The molecule has 0 aromatic heterocycles. The molecule has 0 heterocycles. The quantitative estimate of drug-likeness (QED) is 0.241. The maximum Gasteiger partial charge on any atom is 0.0257 e. The van der Waals surface area contributed by atoms with Crippen molar-refractivity contribution in [2.75, 3.05) is 13.1 Å². The topological polar surface area (TPSA) is 74.8 Å². The van der Waals surface area contributed by atoms with Gasteiger partial charge in [0.25, 0.3) is 0 Å². The summed E-state index contributed by atoms with van der Waals surface area (Å²) in [5.41, 5.74) is 13.5. The number of nitrogens with zero attached hydrogens (tertiary/aromatic N) is 3. The average Bonchev–Trinajstić information content (AvgIpc) is 2.26. The van der Waals surface area contributed by atoms with Gasteiger partial charge < -0.3 is 5.73 Å². The second-order valence-corrected chi connectivity index (χ2v) is 3.93. The molecule has 0 aliphatic rings. The van der Waals surface area contributed by atoms with E-state index in [9.17, 15) is 0 Å². The molecule has 0 spiro atoms. The number of rotatable bonds is 11. The zero-order chi connectivity index (χ0) is 11.2. The van der Waals surface area contributed by atoms with E-state index in [-0.39, 0.29) is 0 Å². The van der Waals surface area contributed by atoms with Gasteiger partial charge in [-0.15, -0.1) is 0 Å². The molecule has 0 unspecified atom stereocenters. The summed E-state index contributed by atoms with van der Waals surface area (Å²) >= 11 is 0. The summed E-state index contributed by atoms with van der Waals surface area (Å²) in [6.07, 6.45) is 11.3. The molecule has 4 heteroatoms.